The number of unbranched alkanes of at least 4 members (excludes halogenated alkanes) is 1. The van der Waals surface area contributed by atoms with Crippen LogP contribution in [-0.4, -0.2) is 36.0 Å². The van der Waals surface area contributed by atoms with Gasteiger partial charge in [-0.05, 0) is 41.7 Å². The van der Waals surface area contributed by atoms with Crippen LogP contribution in [0.25, 0.3) is 0 Å². The summed E-state index contributed by atoms with van der Waals surface area (Å²) >= 11 is 3.44. The van der Waals surface area contributed by atoms with E-state index in [1.807, 2.05) is 7.05 Å². The lowest BCUT2D eigenvalue weighted by Gasteiger charge is -2.24. The Bertz CT molecular complexity index is 496. The van der Waals surface area contributed by atoms with Gasteiger partial charge in [0.15, 0.2) is 0 Å². The van der Waals surface area contributed by atoms with Gasteiger partial charge in [0, 0.05) is 26.2 Å². The second-order valence-electron chi connectivity index (χ2n) is 5.40. The van der Waals surface area contributed by atoms with Crippen molar-refractivity contribution < 1.29 is 0 Å². The first-order valence-electron chi connectivity index (χ1n) is 7.33. The lowest BCUT2D eigenvalue weighted by Crippen LogP contribution is -2.36. The third-order valence-electron chi connectivity index (χ3n) is 3.76. The van der Waals surface area contributed by atoms with E-state index in [4.69, 9.17) is 0 Å². The van der Waals surface area contributed by atoms with Gasteiger partial charge in [-0.25, -0.2) is 4.68 Å². The van der Waals surface area contributed by atoms with Crippen molar-refractivity contribution in [3.8, 4) is 0 Å². The Hall–Kier alpha value is -0.880. The summed E-state index contributed by atoms with van der Waals surface area (Å²) in [4.78, 5) is 14.4. The second-order valence-corrected chi connectivity index (χ2v) is 6.19. The molecule has 0 aromatic carbocycles. The Morgan fingerprint density at radius 2 is 2.40 bits per heavy atom. The summed E-state index contributed by atoms with van der Waals surface area (Å²) in [5.41, 5.74) is 0.832. The van der Waals surface area contributed by atoms with Gasteiger partial charge in [-0.2, -0.15) is 5.10 Å². The third-order valence-corrected chi connectivity index (χ3v) is 4.50. The minimum atomic E-state index is -0.0396. The summed E-state index contributed by atoms with van der Waals surface area (Å²) in [5, 5.41) is 7.75. The van der Waals surface area contributed by atoms with E-state index in [9.17, 15) is 4.79 Å². The molecule has 5 nitrogen and oxygen atoms in total. The van der Waals surface area contributed by atoms with Crippen LogP contribution in [0, 0.1) is 0 Å². The maximum atomic E-state index is 12.2. The molecule has 1 saturated heterocycles. The highest BCUT2D eigenvalue weighted by atomic mass is 79.9. The van der Waals surface area contributed by atoms with Gasteiger partial charge in [0.2, 0.25) is 0 Å². The fourth-order valence-corrected chi connectivity index (χ4v) is 3.14. The van der Waals surface area contributed by atoms with E-state index in [-0.39, 0.29) is 5.56 Å². The molecule has 1 atom stereocenters. The quantitative estimate of drug-likeness (QED) is 0.858. The Morgan fingerprint density at radius 1 is 1.60 bits per heavy atom. The lowest BCUT2D eigenvalue weighted by atomic mass is 10.2. The molecule has 0 saturated carbocycles. The van der Waals surface area contributed by atoms with Crippen molar-refractivity contribution in [1.29, 1.82) is 0 Å². The van der Waals surface area contributed by atoms with Crippen molar-refractivity contribution in [2.24, 2.45) is 0 Å². The van der Waals surface area contributed by atoms with Crippen molar-refractivity contribution in [2.75, 3.05) is 25.0 Å². The van der Waals surface area contributed by atoms with E-state index >= 15 is 0 Å². The van der Waals surface area contributed by atoms with Gasteiger partial charge in [-0.1, -0.05) is 13.3 Å². The van der Waals surface area contributed by atoms with Crippen molar-refractivity contribution in [2.45, 2.75) is 45.2 Å². The zero-order chi connectivity index (χ0) is 14.5. The smallest absolute Gasteiger partial charge is 0.283 e. The van der Waals surface area contributed by atoms with Crippen LogP contribution in [0.1, 0.15) is 32.6 Å². The predicted octanol–water partition coefficient (Wildman–Crippen LogP) is 1.99. The Labute approximate surface area is 128 Å². The summed E-state index contributed by atoms with van der Waals surface area (Å²) < 4.78 is 2.16. The molecule has 112 valence electrons. The second kappa shape index (κ2) is 7.22. The van der Waals surface area contributed by atoms with Crippen molar-refractivity contribution in [3.05, 3.63) is 21.0 Å². The molecule has 1 N–H and O–H groups in total. The van der Waals surface area contributed by atoms with Crippen LogP contribution in [0.5, 0.6) is 0 Å². The normalized spacial score (nSPS) is 18.4. The van der Waals surface area contributed by atoms with Crippen LogP contribution in [0.2, 0.25) is 0 Å². The van der Waals surface area contributed by atoms with Crippen LogP contribution >= 0.6 is 15.9 Å². The fourth-order valence-electron chi connectivity index (χ4n) is 2.53. The third kappa shape index (κ3) is 3.61. The number of aryl methyl sites for hydroxylation is 1. The number of nitrogens with one attached hydrogen (secondary N) is 1. The minimum Gasteiger partial charge on any atom is -0.371 e. The molecule has 0 radical (unpaired) electrons. The molecule has 0 spiro atoms. The minimum absolute atomic E-state index is 0.0396. The maximum absolute atomic E-state index is 12.2. The average molecular weight is 343 g/mol. The predicted molar refractivity (Wildman–Crippen MR) is 85.4 cm³/mol. The first-order valence-corrected chi connectivity index (χ1v) is 8.13. The summed E-state index contributed by atoms with van der Waals surface area (Å²) in [7, 11) is 2.01. The zero-order valence-electron chi connectivity index (χ0n) is 12.2. The number of hydrogen-bond donors (Lipinski definition) is 1. The number of rotatable bonds is 6. The molecule has 20 heavy (non-hydrogen) atoms. The van der Waals surface area contributed by atoms with E-state index in [0.29, 0.717) is 17.1 Å². The first-order chi connectivity index (χ1) is 9.63. The highest BCUT2D eigenvalue weighted by molar-refractivity contribution is 9.10. The largest absolute Gasteiger partial charge is 0.371 e. The molecule has 0 amide bonds. The Morgan fingerprint density at radius 3 is 3.05 bits per heavy atom. The van der Waals surface area contributed by atoms with Gasteiger partial charge < -0.3 is 10.2 Å². The number of aromatic nitrogens is 2. The molecule has 1 aromatic rings. The Balaban J connectivity index is 2.11. The molecule has 2 heterocycles. The number of likely N-dealkylation sites (N-methyl/N-ethyl adjacent to an activating group) is 1. The van der Waals surface area contributed by atoms with Crippen molar-refractivity contribution >= 4 is 21.6 Å². The van der Waals surface area contributed by atoms with Crippen molar-refractivity contribution in [3.63, 3.8) is 0 Å². The average Bonchev–Trinajstić information content (AvgIpc) is 2.93. The summed E-state index contributed by atoms with van der Waals surface area (Å²) in [5.74, 6) is 0. The molecule has 1 aliphatic rings. The van der Waals surface area contributed by atoms with Crippen LogP contribution in [0.15, 0.2) is 15.5 Å². The molecular weight excluding hydrogens is 320 g/mol. The van der Waals surface area contributed by atoms with Crippen LogP contribution in [0.4, 0.5) is 5.69 Å². The summed E-state index contributed by atoms with van der Waals surface area (Å²) in [6.07, 6.45) is 6.25. The van der Waals surface area contributed by atoms with E-state index < -0.39 is 0 Å². The van der Waals surface area contributed by atoms with Crippen LogP contribution in [0.3, 0.4) is 0 Å². The van der Waals surface area contributed by atoms with Crippen LogP contribution < -0.4 is 15.8 Å². The van der Waals surface area contributed by atoms with Gasteiger partial charge in [-0.3, -0.25) is 4.79 Å². The van der Waals surface area contributed by atoms with Gasteiger partial charge in [0.1, 0.15) is 4.47 Å². The highest BCUT2D eigenvalue weighted by Crippen LogP contribution is 2.21. The lowest BCUT2D eigenvalue weighted by molar-refractivity contribution is 0.538. The maximum Gasteiger partial charge on any atom is 0.283 e. The highest BCUT2D eigenvalue weighted by Gasteiger charge is 2.18. The van der Waals surface area contributed by atoms with Crippen molar-refractivity contribution in [1.82, 2.24) is 15.1 Å². The topological polar surface area (TPSA) is 50.2 Å². The number of halogens is 1. The van der Waals surface area contributed by atoms with E-state index in [1.165, 1.54) is 12.8 Å². The van der Waals surface area contributed by atoms with Crippen LogP contribution in [-0.2, 0) is 6.54 Å². The summed E-state index contributed by atoms with van der Waals surface area (Å²) in [6, 6.07) is 0.509. The number of hydrogen-bond acceptors (Lipinski definition) is 4. The van der Waals surface area contributed by atoms with Gasteiger partial charge >= 0.3 is 0 Å². The standard InChI is InChI=1S/C14H23BrN4O/c1-3-4-8-19-14(20)13(15)12(9-17-19)18(2)10-11-6-5-7-16-11/h9,11,16H,3-8,10H2,1-2H3. The van der Waals surface area contributed by atoms with E-state index in [1.54, 1.807) is 10.9 Å². The number of nitrogens with zero attached hydrogens (tertiary/aromatic N) is 3. The SMILES string of the molecule is CCCCn1ncc(N(C)CC2CCCN2)c(Br)c1=O. The molecule has 0 bridgehead atoms. The molecule has 1 unspecified atom stereocenters. The zero-order valence-corrected chi connectivity index (χ0v) is 13.8. The van der Waals surface area contributed by atoms with Gasteiger partial charge in [-0.15, -0.1) is 0 Å². The molecular formula is C14H23BrN4O. The molecule has 1 aromatic heterocycles. The van der Waals surface area contributed by atoms with Gasteiger partial charge in [0.05, 0.1) is 11.9 Å². The Kier molecular flexibility index (Phi) is 5.60. The van der Waals surface area contributed by atoms with Gasteiger partial charge in [0.25, 0.3) is 5.56 Å². The fraction of sp³-hybridized carbons (Fsp3) is 0.714. The van der Waals surface area contributed by atoms with E-state index in [2.05, 4.69) is 38.2 Å². The monoisotopic (exact) mass is 342 g/mol. The molecule has 0 aliphatic carbocycles. The molecule has 6 heteroatoms. The number of anilines is 1. The summed E-state index contributed by atoms with van der Waals surface area (Å²) in [6.45, 7) is 4.79. The molecule has 2 rings (SSSR count). The first kappa shape index (κ1) is 15.5. The molecule has 1 fully saturated rings. The van der Waals surface area contributed by atoms with E-state index in [0.717, 1.165) is 31.6 Å². The molecule has 1 aliphatic heterocycles.